The van der Waals surface area contributed by atoms with E-state index < -0.39 is 16.6 Å². The number of aliphatic hydroxyl groups is 1. The van der Waals surface area contributed by atoms with Crippen LogP contribution in [0.2, 0.25) is 0 Å². The fraction of sp³-hybridized carbons (Fsp3) is 0.143. The van der Waals surface area contributed by atoms with Crippen molar-refractivity contribution < 1.29 is 14.8 Å². The van der Waals surface area contributed by atoms with Crippen molar-refractivity contribution in [2.24, 2.45) is 0 Å². The topological polar surface area (TPSA) is 123 Å². The summed E-state index contributed by atoms with van der Waals surface area (Å²) in [5.41, 5.74) is 1.50. The second-order valence-corrected chi connectivity index (χ2v) is 6.98. The molecule has 0 saturated carbocycles. The van der Waals surface area contributed by atoms with Crippen molar-refractivity contribution in [1.29, 1.82) is 5.26 Å². The number of rotatable bonds is 3. The summed E-state index contributed by atoms with van der Waals surface area (Å²) in [5.74, 6) is 0.150. The van der Waals surface area contributed by atoms with Crippen LogP contribution < -0.4 is 10.3 Å². The smallest absolute Gasteiger partial charge is 0.277 e. The number of nitro groups is 1. The van der Waals surface area contributed by atoms with Crippen LogP contribution in [0.3, 0.4) is 0 Å². The molecule has 0 amide bonds. The van der Waals surface area contributed by atoms with Gasteiger partial charge in [0.15, 0.2) is 11.3 Å². The third-order valence-corrected chi connectivity index (χ3v) is 5.33. The zero-order valence-electron chi connectivity index (χ0n) is 15.5. The number of non-ortho nitro benzene ring substituents is 1. The molecule has 1 N–H and O–H groups in total. The van der Waals surface area contributed by atoms with Crippen LogP contribution in [0.5, 0.6) is 5.75 Å². The van der Waals surface area contributed by atoms with Gasteiger partial charge in [-0.25, -0.2) is 0 Å². The van der Waals surface area contributed by atoms with Gasteiger partial charge in [-0.1, -0.05) is 18.2 Å². The standard InChI is InChI=1S/C21H14N4O5/c22-9-16-20-19-18(24(21(16)27)12-5-7-13(8-6-12)25(28)29)15-3-1-2-4-17(15)23(19)10-14(11-26)30-20/h1-8,14,26H,10-11H2. The van der Waals surface area contributed by atoms with E-state index in [9.17, 15) is 25.3 Å². The molecule has 1 atom stereocenters. The number of benzene rings is 2. The Balaban J connectivity index is 1.96. The van der Waals surface area contributed by atoms with Crippen molar-refractivity contribution in [3.8, 4) is 17.5 Å². The first-order valence-corrected chi connectivity index (χ1v) is 9.17. The number of aliphatic hydroxyl groups excluding tert-OH is 1. The maximum absolute atomic E-state index is 13.3. The lowest BCUT2D eigenvalue weighted by molar-refractivity contribution is -0.384. The number of fused-ring (bicyclic) bond motifs is 3. The predicted molar refractivity (Wildman–Crippen MR) is 108 cm³/mol. The van der Waals surface area contributed by atoms with Crippen molar-refractivity contribution in [3.05, 3.63) is 74.6 Å². The molecule has 30 heavy (non-hydrogen) atoms. The van der Waals surface area contributed by atoms with Gasteiger partial charge in [0, 0.05) is 23.2 Å². The highest BCUT2D eigenvalue weighted by Crippen LogP contribution is 2.39. The SMILES string of the molecule is N#Cc1c2c3c(c4ccccc4n3CC(CO)O2)n(-c2ccc([N+](=O)[O-])cc2)c1=O. The highest BCUT2D eigenvalue weighted by Gasteiger charge is 2.31. The molecule has 0 bridgehead atoms. The van der Waals surface area contributed by atoms with E-state index in [1.54, 1.807) is 0 Å². The quantitative estimate of drug-likeness (QED) is 0.415. The number of pyridine rings is 1. The van der Waals surface area contributed by atoms with Crippen LogP contribution in [-0.2, 0) is 6.54 Å². The van der Waals surface area contributed by atoms with Gasteiger partial charge in [-0.3, -0.25) is 19.5 Å². The Morgan fingerprint density at radius 2 is 1.93 bits per heavy atom. The Morgan fingerprint density at radius 3 is 2.60 bits per heavy atom. The van der Waals surface area contributed by atoms with E-state index >= 15 is 0 Å². The van der Waals surface area contributed by atoms with E-state index in [0.717, 1.165) is 10.9 Å². The fourth-order valence-corrected chi connectivity index (χ4v) is 4.05. The molecule has 2 aromatic carbocycles. The average molecular weight is 402 g/mol. The minimum atomic E-state index is -0.588. The van der Waals surface area contributed by atoms with Crippen LogP contribution in [0.1, 0.15) is 5.56 Å². The van der Waals surface area contributed by atoms with Crippen LogP contribution in [-0.4, -0.2) is 31.9 Å². The first-order valence-electron chi connectivity index (χ1n) is 9.17. The molecule has 4 aromatic rings. The highest BCUT2D eigenvalue weighted by atomic mass is 16.6. The number of ether oxygens (including phenoxy) is 1. The molecule has 1 aliphatic heterocycles. The van der Waals surface area contributed by atoms with E-state index in [0.29, 0.717) is 23.3 Å². The Bertz CT molecular complexity index is 1440. The highest BCUT2D eigenvalue weighted by molar-refractivity contribution is 6.09. The minimum absolute atomic E-state index is 0.0992. The summed E-state index contributed by atoms with van der Waals surface area (Å²) in [5, 5.41) is 31.2. The third kappa shape index (κ3) is 2.34. The summed E-state index contributed by atoms with van der Waals surface area (Å²) >= 11 is 0. The van der Waals surface area contributed by atoms with E-state index in [-0.39, 0.29) is 23.6 Å². The predicted octanol–water partition coefficient (Wildman–Crippen LogP) is 2.48. The van der Waals surface area contributed by atoms with Crippen LogP contribution in [0.15, 0.2) is 53.3 Å². The largest absolute Gasteiger partial charge is 0.482 e. The van der Waals surface area contributed by atoms with Gasteiger partial charge in [0.1, 0.15) is 17.7 Å². The Kier molecular flexibility index (Phi) is 3.84. The Labute approximate surface area is 168 Å². The maximum Gasteiger partial charge on any atom is 0.277 e. The molecule has 0 saturated heterocycles. The van der Waals surface area contributed by atoms with Gasteiger partial charge in [0.25, 0.3) is 11.2 Å². The molecule has 0 fully saturated rings. The molecule has 9 heteroatoms. The summed E-state index contributed by atoms with van der Waals surface area (Å²) < 4.78 is 9.16. The lowest BCUT2D eigenvalue weighted by Gasteiger charge is -2.26. The van der Waals surface area contributed by atoms with Gasteiger partial charge in [-0.05, 0) is 18.2 Å². The van der Waals surface area contributed by atoms with Gasteiger partial charge in [-0.2, -0.15) is 5.26 Å². The van der Waals surface area contributed by atoms with Crippen LogP contribution in [0, 0.1) is 21.4 Å². The average Bonchev–Trinajstić information content (AvgIpc) is 3.09. The lowest BCUT2D eigenvalue weighted by atomic mass is 10.1. The molecule has 1 aliphatic rings. The van der Waals surface area contributed by atoms with E-state index in [1.165, 1.54) is 28.8 Å². The number of nitro benzene ring substituents is 1. The molecule has 148 valence electrons. The van der Waals surface area contributed by atoms with Gasteiger partial charge in [0.05, 0.1) is 29.1 Å². The lowest BCUT2D eigenvalue weighted by Crippen LogP contribution is -2.33. The minimum Gasteiger partial charge on any atom is -0.482 e. The summed E-state index contributed by atoms with van der Waals surface area (Å²) in [6.07, 6.45) is -0.585. The zero-order valence-corrected chi connectivity index (χ0v) is 15.5. The first kappa shape index (κ1) is 17.9. The van der Waals surface area contributed by atoms with Gasteiger partial charge < -0.3 is 14.4 Å². The molecule has 0 aliphatic carbocycles. The monoisotopic (exact) mass is 402 g/mol. The second kappa shape index (κ2) is 6.43. The van der Waals surface area contributed by atoms with Crippen molar-refractivity contribution >= 4 is 27.6 Å². The molecule has 5 rings (SSSR count). The number of aromatic nitrogens is 2. The summed E-state index contributed by atoms with van der Waals surface area (Å²) in [7, 11) is 0. The fourth-order valence-electron chi connectivity index (χ4n) is 4.05. The molecule has 2 aromatic heterocycles. The number of hydrogen-bond acceptors (Lipinski definition) is 6. The molecule has 0 spiro atoms. The number of nitriles is 1. The zero-order chi connectivity index (χ0) is 21.0. The maximum atomic E-state index is 13.3. The van der Waals surface area contributed by atoms with Gasteiger partial charge in [-0.15, -0.1) is 0 Å². The van der Waals surface area contributed by atoms with Crippen molar-refractivity contribution in [2.45, 2.75) is 12.6 Å². The van der Waals surface area contributed by atoms with Crippen molar-refractivity contribution in [1.82, 2.24) is 9.13 Å². The van der Waals surface area contributed by atoms with E-state index in [1.807, 2.05) is 34.9 Å². The van der Waals surface area contributed by atoms with Crippen molar-refractivity contribution in [3.63, 3.8) is 0 Å². The Hall–Kier alpha value is -4.16. The first-order chi connectivity index (χ1) is 14.5. The summed E-state index contributed by atoms with van der Waals surface area (Å²) in [6.45, 7) is 0.0978. The normalized spacial score (nSPS) is 15.1. The number of para-hydroxylation sites is 1. The molecular formula is C21H14N4O5. The van der Waals surface area contributed by atoms with Crippen LogP contribution >= 0.6 is 0 Å². The molecule has 9 nitrogen and oxygen atoms in total. The number of hydrogen-bond donors (Lipinski definition) is 1. The Morgan fingerprint density at radius 1 is 1.20 bits per heavy atom. The van der Waals surface area contributed by atoms with Crippen LogP contribution in [0.4, 0.5) is 5.69 Å². The third-order valence-electron chi connectivity index (χ3n) is 5.33. The summed E-state index contributed by atoms with van der Waals surface area (Å²) in [6, 6.07) is 15.0. The van der Waals surface area contributed by atoms with E-state index in [4.69, 9.17) is 4.74 Å². The second-order valence-electron chi connectivity index (χ2n) is 6.98. The number of nitrogens with zero attached hydrogens (tertiary/aromatic N) is 4. The molecular weight excluding hydrogens is 388 g/mol. The van der Waals surface area contributed by atoms with Gasteiger partial charge in [0.2, 0.25) is 0 Å². The van der Waals surface area contributed by atoms with E-state index in [2.05, 4.69) is 0 Å². The van der Waals surface area contributed by atoms with Crippen LogP contribution in [0.25, 0.3) is 27.6 Å². The molecule has 3 heterocycles. The van der Waals surface area contributed by atoms with Gasteiger partial charge >= 0.3 is 0 Å². The molecule has 1 unspecified atom stereocenters. The molecule has 0 radical (unpaired) electrons. The van der Waals surface area contributed by atoms with Crippen molar-refractivity contribution in [2.75, 3.05) is 6.61 Å². The summed E-state index contributed by atoms with van der Waals surface area (Å²) in [4.78, 5) is 23.8.